The SMILES string of the molecule is CCn1c(C)c(C(=O)CN2CCN(c3ccccc3F)CC2)c(C)c1C(=O)OC. The molecule has 7 heteroatoms. The van der Waals surface area contributed by atoms with Crippen LogP contribution in [0.15, 0.2) is 24.3 Å². The number of hydrogen-bond donors (Lipinski definition) is 0. The van der Waals surface area contributed by atoms with Gasteiger partial charge in [-0.3, -0.25) is 9.69 Å². The Morgan fingerprint density at radius 1 is 1.10 bits per heavy atom. The number of benzene rings is 1. The van der Waals surface area contributed by atoms with Gasteiger partial charge in [0.25, 0.3) is 0 Å². The topological polar surface area (TPSA) is 54.8 Å². The maximum atomic E-state index is 14.0. The fourth-order valence-corrected chi connectivity index (χ4v) is 4.20. The normalized spacial score (nSPS) is 14.9. The first-order valence-corrected chi connectivity index (χ1v) is 9.92. The molecule has 0 unspecified atom stereocenters. The van der Waals surface area contributed by atoms with Crippen molar-refractivity contribution in [3.8, 4) is 0 Å². The molecule has 0 radical (unpaired) electrons. The summed E-state index contributed by atoms with van der Waals surface area (Å²) in [7, 11) is 1.35. The van der Waals surface area contributed by atoms with E-state index in [-0.39, 0.29) is 18.1 Å². The molecule has 0 N–H and O–H groups in total. The first kappa shape index (κ1) is 21.0. The van der Waals surface area contributed by atoms with E-state index >= 15 is 0 Å². The quantitative estimate of drug-likeness (QED) is 0.550. The summed E-state index contributed by atoms with van der Waals surface area (Å²) in [5.41, 5.74) is 3.11. The molecule has 0 spiro atoms. The molecule has 1 aromatic carbocycles. The van der Waals surface area contributed by atoms with E-state index in [9.17, 15) is 14.0 Å². The van der Waals surface area contributed by atoms with Gasteiger partial charge in [0.15, 0.2) is 5.78 Å². The molecule has 156 valence electrons. The van der Waals surface area contributed by atoms with Crippen LogP contribution < -0.4 is 4.90 Å². The molecule has 2 aromatic rings. The number of Topliss-reactive ketones (excluding diaryl/α,β-unsaturated/α-hetero) is 1. The van der Waals surface area contributed by atoms with Gasteiger partial charge in [0, 0.05) is 44.0 Å². The van der Waals surface area contributed by atoms with Gasteiger partial charge in [0.2, 0.25) is 0 Å². The molecule has 1 fully saturated rings. The van der Waals surface area contributed by atoms with Crippen molar-refractivity contribution < 1.29 is 18.7 Å². The van der Waals surface area contributed by atoms with Gasteiger partial charge in [-0.25, -0.2) is 9.18 Å². The van der Waals surface area contributed by atoms with Gasteiger partial charge >= 0.3 is 5.97 Å². The molecule has 0 atom stereocenters. The van der Waals surface area contributed by atoms with E-state index < -0.39 is 5.97 Å². The summed E-state index contributed by atoms with van der Waals surface area (Å²) in [5, 5.41) is 0. The zero-order chi connectivity index (χ0) is 21.1. The van der Waals surface area contributed by atoms with Crippen LogP contribution in [0, 0.1) is 19.7 Å². The highest BCUT2D eigenvalue weighted by molar-refractivity contribution is 6.03. The second-order valence-electron chi connectivity index (χ2n) is 7.31. The number of ketones is 1. The first-order valence-electron chi connectivity index (χ1n) is 9.92. The van der Waals surface area contributed by atoms with Gasteiger partial charge in [-0.1, -0.05) is 12.1 Å². The summed E-state index contributed by atoms with van der Waals surface area (Å²) in [6.45, 7) is 9.15. The molecule has 3 rings (SSSR count). The van der Waals surface area contributed by atoms with E-state index in [1.165, 1.54) is 13.2 Å². The number of para-hydroxylation sites is 1. The van der Waals surface area contributed by atoms with Crippen LogP contribution in [0.4, 0.5) is 10.1 Å². The molecule has 1 aromatic heterocycles. The lowest BCUT2D eigenvalue weighted by molar-refractivity contribution is 0.0587. The van der Waals surface area contributed by atoms with E-state index in [1.807, 2.05) is 29.4 Å². The number of ether oxygens (including phenoxy) is 1. The molecular formula is C22H28FN3O3. The molecule has 2 heterocycles. The fraction of sp³-hybridized carbons (Fsp3) is 0.455. The van der Waals surface area contributed by atoms with E-state index in [0.29, 0.717) is 55.2 Å². The number of anilines is 1. The van der Waals surface area contributed by atoms with Gasteiger partial charge < -0.3 is 14.2 Å². The second kappa shape index (κ2) is 8.78. The number of carbonyl (C=O) groups is 2. The van der Waals surface area contributed by atoms with Crippen molar-refractivity contribution in [1.82, 2.24) is 9.47 Å². The van der Waals surface area contributed by atoms with Crippen molar-refractivity contribution >= 4 is 17.4 Å². The van der Waals surface area contributed by atoms with Crippen molar-refractivity contribution in [3.63, 3.8) is 0 Å². The van der Waals surface area contributed by atoms with E-state index in [0.717, 1.165) is 5.69 Å². The molecule has 0 aliphatic carbocycles. The largest absolute Gasteiger partial charge is 0.464 e. The maximum Gasteiger partial charge on any atom is 0.354 e. The highest BCUT2D eigenvalue weighted by Gasteiger charge is 2.28. The summed E-state index contributed by atoms with van der Waals surface area (Å²) in [5.74, 6) is -0.652. The Kier molecular flexibility index (Phi) is 6.37. The zero-order valence-electron chi connectivity index (χ0n) is 17.5. The van der Waals surface area contributed by atoms with Gasteiger partial charge in [-0.05, 0) is 38.5 Å². The lowest BCUT2D eigenvalue weighted by Crippen LogP contribution is -2.48. The van der Waals surface area contributed by atoms with Crippen LogP contribution in [0.1, 0.15) is 39.0 Å². The molecule has 0 bridgehead atoms. The molecular weight excluding hydrogens is 373 g/mol. The van der Waals surface area contributed by atoms with Gasteiger partial charge in [-0.2, -0.15) is 0 Å². The molecule has 0 amide bonds. The standard InChI is InChI=1S/C22H28FN3O3/c1-5-26-16(3)20(15(2)21(26)22(28)29-4)19(27)14-24-10-12-25(13-11-24)18-9-7-6-8-17(18)23/h6-9H,5,10-14H2,1-4H3. The van der Waals surface area contributed by atoms with Crippen molar-refractivity contribution in [2.24, 2.45) is 0 Å². The Labute approximate surface area is 170 Å². The zero-order valence-corrected chi connectivity index (χ0v) is 17.5. The number of hydrogen-bond acceptors (Lipinski definition) is 5. The number of esters is 1. The average Bonchev–Trinajstić information content (AvgIpc) is 2.98. The minimum atomic E-state index is -0.426. The molecule has 0 saturated carbocycles. The van der Waals surface area contributed by atoms with Crippen molar-refractivity contribution in [1.29, 1.82) is 0 Å². The summed E-state index contributed by atoms with van der Waals surface area (Å²) in [6.07, 6.45) is 0. The molecule has 29 heavy (non-hydrogen) atoms. The minimum absolute atomic E-state index is 0.00306. The molecule has 1 saturated heterocycles. The van der Waals surface area contributed by atoms with Crippen LogP contribution in [0.2, 0.25) is 0 Å². The Morgan fingerprint density at radius 3 is 2.34 bits per heavy atom. The number of aromatic nitrogens is 1. The van der Waals surface area contributed by atoms with Crippen molar-refractivity contribution in [3.05, 3.63) is 52.6 Å². The first-order chi connectivity index (χ1) is 13.9. The third-order valence-electron chi connectivity index (χ3n) is 5.67. The minimum Gasteiger partial charge on any atom is -0.464 e. The molecule has 1 aliphatic heterocycles. The summed E-state index contributed by atoms with van der Waals surface area (Å²) < 4.78 is 20.8. The van der Waals surface area contributed by atoms with Gasteiger partial charge in [-0.15, -0.1) is 0 Å². The second-order valence-corrected chi connectivity index (χ2v) is 7.31. The lowest BCUT2D eigenvalue weighted by atomic mass is 10.0. The van der Waals surface area contributed by atoms with Crippen LogP contribution >= 0.6 is 0 Å². The van der Waals surface area contributed by atoms with E-state index in [1.54, 1.807) is 19.1 Å². The Bertz CT molecular complexity index is 914. The summed E-state index contributed by atoms with van der Waals surface area (Å²) in [4.78, 5) is 29.4. The Hall–Kier alpha value is -2.67. The predicted molar refractivity (Wildman–Crippen MR) is 110 cm³/mol. The number of piperazine rings is 1. The van der Waals surface area contributed by atoms with Crippen molar-refractivity contribution in [2.45, 2.75) is 27.3 Å². The summed E-state index contributed by atoms with van der Waals surface area (Å²) >= 11 is 0. The number of carbonyl (C=O) groups excluding carboxylic acids is 2. The van der Waals surface area contributed by atoms with Crippen LogP contribution in [0.3, 0.4) is 0 Å². The number of nitrogens with zero attached hydrogens (tertiary/aromatic N) is 3. The Morgan fingerprint density at radius 2 is 1.76 bits per heavy atom. The van der Waals surface area contributed by atoms with E-state index in [2.05, 4.69) is 4.90 Å². The van der Waals surface area contributed by atoms with Crippen molar-refractivity contribution in [2.75, 3.05) is 44.7 Å². The van der Waals surface area contributed by atoms with E-state index in [4.69, 9.17) is 4.74 Å². The highest BCUT2D eigenvalue weighted by Crippen LogP contribution is 2.25. The highest BCUT2D eigenvalue weighted by atomic mass is 19.1. The summed E-state index contributed by atoms with van der Waals surface area (Å²) in [6, 6.07) is 6.76. The Balaban J connectivity index is 1.71. The fourth-order valence-electron chi connectivity index (χ4n) is 4.20. The third-order valence-corrected chi connectivity index (χ3v) is 5.67. The van der Waals surface area contributed by atoms with Crippen LogP contribution in [-0.2, 0) is 11.3 Å². The van der Waals surface area contributed by atoms with Gasteiger partial charge in [0.05, 0.1) is 19.3 Å². The molecule has 6 nitrogen and oxygen atoms in total. The predicted octanol–water partition coefficient (Wildman–Crippen LogP) is 3.06. The van der Waals surface area contributed by atoms with Gasteiger partial charge in [0.1, 0.15) is 11.5 Å². The molecule has 1 aliphatic rings. The van der Waals surface area contributed by atoms with Crippen LogP contribution in [0.5, 0.6) is 0 Å². The smallest absolute Gasteiger partial charge is 0.354 e. The average molecular weight is 401 g/mol. The number of methoxy groups -OCH3 is 1. The lowest BCUT2D eigenvalue weighted by Gasteiger charge is -2.35. The third kappa shape index (κ3) is 4.05. The monoisotopic (exact) mass is 401 g/mol. The van der Waals surface area contributed by atoms with Crippen LogP contribution in [-0.4, -0.2) is 61.1 Å². The number of halogens is 1. The maximum absolute atomic E-state index is 14.0. The van der Waals surface area contributed by atoms with Crippen LogP contribution in [0.25, 0.3) is 0 Å². The number of rotatable bonds is 6.